The van der Waals surface area contributed by atoms with Crippen molar-refractivity contribution < 1.29 is 17.8 Å². The van der Waals surface area contributed by atoms with Gasteiger partial charge in [0.2, 0.25) is 0 Å². The Bertz CT molecular complexity index is 2930. The third kappa shape index (κ3) is 5.72. The van der Waals surface area contributed by atoms with Gasteiger partial charge in [-0.2, -0.15) is 0 Å². The largest absolute Gasteiger partial charge is 0.311 e. The molecule has 47 heavy (non-hydrogen) atoms. The zero-order chi connectivity index (χ0) is 42.7. The zero-order valence-electron chi connectivity index (χ0n) is 38.0. The van der Waals surface area contributed by atoms with Gasteiger partial charge in [-0.15, -0.1) is 0 Å². The van der Waals surface area contributed by atoms with Crippen LogP contribution < -0.4 is 4.90 Å². The topological polar surface area (TPSA) is 3.24 Å². The number of fused-ring (bicyclic) bond motifs is 1. The maximum atomic E-state index is 9.45. The van der Waals surface area contributed by atoms with E-state index in [1.54, 1.807) is 36.4 Å². The first-order valence-corrected chi connectivity index (χ1v) is 15.1. The van der Waals surface area contributed by atoms with Gasteiger partial charge in [-0.1, -0.05) is 158 Å². The van der Waals surface area contributed by atoms with E-state index in [0.717, 1.165) is 32.5 Å². The molecular weight excluding hydrogens is 567 g/mol. The van der Waals surface area contributed by atoms with Gasteiger partial charge in [0.25, 0.3) is 0 Å². The predicted molar refractivity (Wildman–Crippen MR) is 200 cm³/mol. The van der Waals surface area contributed by atoms with E-state index in [-0.39, 0.29) is 11.1 Å². The van der Waals surface area contributed by atoms with E-state index in [1.807, 2.05) is 84.9 Å². The van der Waals surface area contributed by atoms with Gasteiger partial charge in [-0.25, -0.2) is 0 Å². The maximum absolute atomic E-state index is 9.45. The minimum Gasteiger partial charge on any atom is -0.311 e. The molecule has 0 heterocycles. The average Bonchev–Trinajstić information content (AvgIpc) is 3.27. The summed E-state index contributed by atoms with van der Waals surface area (Å²) < 4.78 is 118. The van der Waals surface area contributed by atoms with Crippen molar-refractivity contribution in [3.05, 3.63) is 200 Å². The molecule has 0 bridgehead atoms. The molecule has 0 aromatic heterocycles. The molecule has 0 aliphatic rings. The minimum absolute atomic E-state index is 0.0605. The van der Waals surface area contributed by atoms with Gasteiger partial charge in [0.05, 0.1) is 17.8 Å². The van der Waals surface area contributed by atoms with Crippen molar-refractivity contribution in [2.75, 3.05) is 4.90 Å². The summed E-state index contributed by atoms with van der Waals surface area (Å²) in [6.45, 7) is 0. The first-order chi connectivity index (χ1) is 28.7. The summed E-state index contributed by atoms with van der Waals surface area (Å²) in [6.07, 6.45) is 0. The quantitative estimate of drug-likeness (QED) is 0.173. The van der Waals surface area contributed by atoms with Crippen LogP contribution in [0, 0.1) is 0 Å². The number of hydrogen-bond donors (Lipinski definition) is 0. The Morgan fingerprint density at radius 3 is 1.57 bits per heavy atom. The standard InChI is InChI=1S/C46H33N/c1-4-13-35(14-5-1)45-32-27-39(33-46(45)37-15-6-2-7-16-37)34-23-28-41(29-24-34)47(40-19-8-3-9-20-40)42-30-25-38(26-31-42)44-22-12-18-36-17-10-11-21-43(36)44/h1-33H/i3D,8D,9D,19D,20D,23D,24D,25D,26D,28D,29D,30D,31D. The van der Waals surface area contributed by atoms with Gasteiger partial charge in [-0.05, 0) is 97.6 Å². The summed E-state index contributed by atoms with van der Waals surface area (Å²) in [4.78, 5) is 0.756. The van der Waals surface area contributed by atoms with Crippen LogP contribution in [-0.4, -0.2) is 0 Å². The van der Waals surface area contributed by atoms with Crippen LogP contribution >= 0.6 is 0 Å². The molecule has 1 nitrogen and oxygen atoms in total. The molecule has 0 N–H and O–H groups in total. The van der Waals surface area contributed by atoms with Gasteiger partial charge in [0.15, 0.2) is 0 Å². The highest BCUT2D eigenvalue weighted by atomic mass is 15.1. The average molecular weight is 613 g/mol. The molecule has 1 heteroatoms. The summed E-state index contributed by atoms with van der Waals surface area (Å²) in [7, 11) is 0. The second-order valence-electron chi connectivity index (χ2n) is 10.8. The molecule has 0 atom stereocenters. The van der Waals surface area contributed by atoms with Crippen molar-refractivity contribution in [2.45, 2.75) is 0 Å². The highest BCUT2D eigenvalue weighted by Crippen LogP contribution is 2.39. The van der Waals surface area contributed by atoms with Crippen LogP contribution in [0.4, 0.5) is 17.1 Å². The number of hydrogen-bond acceptors (Lipinski definition) is 1. The van der Waals surface area contributed by atoms with Crippen LogP contribution in [0.1, 0.15) is 17.8 Å². The molecule has 0 saturated heterocycles. The van der Waals surface area contributed by atoms with Crippen molar-refractivity contribution in [1.29, 1.82) is 0 Å². The highest BCUT2D eigenvalue weighted by Gasteiger charge is 2.15. The Labute approximate surface area is 294 Å². The number of nitrogens with zero attached hydrogens (tertiary/aromatic N) is 1. The van der Waals surface area contributed by atoms with Crippen LogP contribution in [0.2, 0.25) is 0 Å². The van der Waals surface area contributed by atoms with Crippen LogP contribution in [0.25, 0.3) is 55.3 Å². The number of para-hydroxylation sites is 1. The monoisotopic (exact) mass is 612 g/mol. The lowest BCUT2D eigenvalue weighted by Crippen LogP contribution is -2.09. The maximum Gasteiger partial charge on any atom is 0.0645 e. The number of anilines is 3. The Balaban J connectivity index is 1.42. The van der Waals surface area contributed by atoms with Crippen molar-refractivity contribution >= 4 is 27.8 Å². The number of rotatable bonds is 7. The van der Waals surface area contributed by atoms with Gasteiger partial charge < -0.3 is 4.90 Å². The van der Waals surface area contributed by atoms with Crippen molar-refractivity contribution in [1.82, 2.24) is 0 Å². The minimum atomic E-state index is -0.819. The third-order valence-electron chi connectivity index (χ3n) is 7.92. The Kier molecular flexibility index (Phi) is 4.72. The molecule has 0 unspecified atom stereocenters. The van der Waals surface area contributed by atoms with Gasteiger partial charge in [0.1, 0.15) is 0 Å². The Morgan fingerprint density at radius 2 is 0.894 bits per heavy atom. The van der Waals surface area contributed by atoms with E-state index in [1.165, 1.54) is 0 Å². The molecule has 0 saturated carbocycles. The molecule has 8 rings (SSSR count). The van der Waals surface area contributed by atoms with Gasteiger partial charge in [-0.3, -0.25) is 0 Å². The molecule has 0 amide bonds. The molecule has 0 aliphatic carbocycles. The predicted octanol–water partition coefficient (Wildman–Crippen LogP) is 13.0. The van der Waals surface area contributed by atoms with Gasteiger partial charge >= 0.3 is 0 Å². The summed E-state index contributed by atoms with van der Waals surface area (Å²) >= 11 is 0. The first-order valence-electron chi connectivity index (χ1n) is 21.6. The summed E-state index contributed by atoms with van der Waals surface area (Å²) in [5.41, 5.74) is 2.04. The van der Waals surface area contributed by atoms with Crippen molar-refractivity contribution in [3.63, 3.8) is 0 Å². The second kappa shape index (κ2) is 12.7. The SMILES string of the molecule is [2H]c1c([2H])c([2H])c(N(c2c([2H])c([2H])c(-c3ccc(-c4ccccc4)c(-c4ccccc4)c3)c([2H])c2[2H])c2c([2H])c([2H])c(-c3cccc4ccccc34)c([2H])c2[2H])c([2H])c1[2H]. The molecule has 0 radical (unpaired) electrons. The lowest BCUT2D eigenvalue weighted by Gasteiger charge is -2.26. The molecule has 222 valence electrons. The van der Waals surface area contributed by atoms with Crippen LogP contribution in [0.15, 0.2) is 200 Å². The fourth-order valence-corrected chi connectivity index (χ4v) is 5.67. The number of benzene rings is 8. The smallest absolute Gasteiger partial charge is 0.0645 e. The lowest BCUT2D eigenvalue weighted by atomic mass is 9.91. The molecule has 0 fully saturated rings. The molecule has 0 spiro atoms. The van der Waals surface area contributed by atoms with Crippen molar-refractivity contribution in [2.24, 2.45) is 0 Å². The molecule has 8 aromatic carbocycles. The van der Waals surface area contributed by atoms with Gasteiger partial charge in [0, 0.05) is 17.1 Å². The fourth-order valence-electron chi connectivity index (χ4n) is 5.67. The summed E-state index contributed by atoms with van der Waals surface area (Å²) in [5, 5.41) is 1.43. The van der Waals surface area contributed by atoms with E-state index >= 15 is 0 Å². The lowest BCUT2D eigenvalue weighted by molar-refractivity contribution is 1.28. The normalized spacial score (nSPS) is 14.9. The Hall–Kier alpha value is -6.18. The van der Waals surface area contributed by atoms with E-state index in [2.05, 4.69) is 0 Å². The van der Waals surface area contributed by atoms with E-state index in [9.17, 15) is 11.0 Å². The first kappa shape index (κ1) is 17.5. The molecule has 0 aliphatic heterocycles. The Morgan fingerprint density at radius 1 is 0.340 bits per heavy atom. The van der Waals surface area contributed by atoms with Crippen LogP contribution in [0.3, 0.4) is 0 Å². The van der Waals surface area contributed by atoms with Crippen molar-refractivity contribution in [3.8, 4) is 44.5 Å². The molecular formula is C46H33N. The summed E-state index contributed by atoms with van der Waals surface area (Å²) in [5.74, 6) is 0. The van der Waals surface area contributed by atoms with Crippen LogP contribution in [-0.2, 0) is 0 Å². The fraction of sp³-hybridized carbons (Fsp3) is 0. The van der Waals surface area contributed by atoms with E-state index in [4.69, 9.17) is 6.85 Å². The zero-order valence-corrected chi connectivity index (χ0v) is 25.0. The molecule has 8 aromatic rings. The van der Waals surface area contributed by atoms with E-state index in [0.29, 0.717) is 16.5 Å². The third-order valence-corrected chi connectivity index (χ3v) is 7.92. The van der Waals surface area contributed by atoms with E-state index < -0.39 is 95.6 Å². The highest BCUT2D eigenvalue weighted by molar-refractivity contribution is 5.97. The summed E-state index contributed by atoms with van der Waals surface area (Å²) in [6, 6.07) is 28.0. The second-order valence-corrected chi connectivity index (χ2v) is 10.8. The van der Waals surface area contributed by atoms with Crippen LogP contribution in [0.5, 0.6) is 0 Å².